The van der Waals surface area contributed by atoms with E-state index < -0.39 is 34.3 Å². The molecule has 1 aromatic carbocycles. The van der Waals surface area contributed by atoms with E-state index in [1.807, 2.05) is 0 Å². The van der Waals surface area contributed by atoms with Crippen molar-refractivity contribution >= 4 is 5.69 Å². The summed E-state index contributed by atoms with van der Waals surface area (Å²) in [5.74, 6) is 0. The van der Waals surface area contributed by atoms with Gasteiger partial charge >= 0.3 is 6.18 Å². The van der Waals surface area contributed by atoms with Gasteiger partial charge in [0, 0.05) is 11.6 Å². The van der Waals surface area contributed by atoms with Crippen LogP contribution in [0, 0.1) is 10.1 Å². The lowest BCUT2D eigenvalue weighted by molar-refractivity contribution is -0.388. The van der Waals surface area contributed by atoms with Crippen LogP contribution in [0.2, 0.25) is 0 Å². The van der Waals surface area contributed by atoms with Crippen LogP contribution in [0.15, 0.2) is 18.2 Å². The predicted octanol–water partition coefficient (Wildman–Crippen LogP) is 3.55. The van der Waals surface area contributed by atoms with Crippen molar-refractivity contribution in [2.45, 2.75) is 12.6 Å². The van der Waals surface area contributed by atoms with Crippen molar-refractivity contribution in [3.05, 3.63) is 39.4 Å². The van der Waals surface area contributed by atoms with E-state index in [0.717, 1.165) is 6.07 Å². The van der Waals surface area contributed by atoms with E-state index in [1.54, 1.807) is 0 Å². The molecule has 0 aliphatic carbocycles. The number of hydrogen-bond donors (Lipinski definition) is 0. The maximum absolute atomic E-state index is 12.4. The lowest BCUT2D eigenvalue weighted by Crippen LogP contribution is -2.12. The molecular weight excluding hydrogens is 237 g/mol. The Morgan fingerprint density at radius 3 is 2.19 bits per heavy atom. The van der Waals surface area contributed by atoms with Gasteiger partial charge in [-0.05, 0) is 0 Å². The van der Waals surface area contributed by atoms with Crippen molar-refractivity contribution in [1.29, 1.82) is 0 Å². The largest absolute Gasteiger partial charge is 0.423 e. The molecule has 0 radical (unpaired) electrons. The Kier molecular flexibility index (Phi) is 3.11. The summed E-state index contributed by atoms with van der Waals surface area (Å²) in [4.78, 5) is 8.97. The van der Waals surface area contributed by atoms with Crippen LogP contribution in [-0.4, -0.2) is 4.92 Å². The van der Waals surface area contributed by atoms with E-state index in [9.17, 15) is 32.1 Å². The molecule has 0 atom stereocenters. The third kappa shape index (κ3) is 2.26. The average molecular weight is 241 g/mol. The van der Waals surface area contributed by atoms with Gasteiger partial charge in [0.2, 0.25) is 0 Å². The van der Waals surface area contributed by atoms with Crippen molar-refractivity contribution in [3.63, 3.8) is 0 Å². The van der Waals surface area contributed by atoms with E-state index in [-0.39, 0.29) is 0 Å². The summed E-state index contributed by atoms with van der Waals surface area (Å²) in [7, 11) is 0. The second kappa shape index (κ2) is 4.03. The van der Waals surface area contributed by atoms with Crippen molar-refractivity contribution in [2.75, 3.05) is 0 Å². The molecule has 0 bridgehead atoms. The van der Waals surface area contributed by atoms with E-state index >= 15 is 0 Å². The fraction of sp³-hybridized carbons (Fsp3) is 0.250. The van der Waals surface area contributed by atoms with Gasteiger partial charge in [0.1, 0.15) is 5.56 Å². The Bertz CT molecular complexity index is 415. The fourth-order valence-electron chi connectivity index (χ4n) is 1.20. The summed E-state index contributed by atoms with van der Waals surface area (Å²) in [6.45, 7) is 0. The minimum absolute atomic E-state index is 0.514. The van der Waals surface area contributed by atoms with Gasteiger partial charge < -0.3 is 0 Å². The number of halogens is 5. The van der Waals surface area contributed by atoms with Crippen molar-refractivity contribution in [1.82, 2.24) is 0 Å². The fourth-order valence-corrected chi connectivity index (χ4v) is 1.20. The molecule has 0 heterocycles. The Hall–Kier alpha value is -1.73. The Labute approximate surface area is 85.6 Å². The number of hydrogen-bond acceptors (Lipinski definition) is 2. The molecule has 88 valence electrons. The Morgan fingerprint density at radius 1 is 1.25 bits per heavy atom. The molecule has 1 rings (SSSR count). The van der Waals surface area contributed by atoms with Crippen LogP contribution in [0.3, 0.4) is 0 Å². The van der Waals surface area contributed by atoms with Crippen LogP contribution in [0.1, 0.15) is 17.6 Å². The molecule has 0 unspecified atom stereocenters. The van der Waals surface area contributed by atoms with Crippen molar-refractivity contribution in [3.8, 4) is 0 Å². The molecule has 0 fully saturated rings. The molecule has 0 spiro atoms. The lowest BCUT2D eigenvalue weighted by atomic mass is 10.1. The number of alkyl halides is 5. The van der Waals surface area contributed by atoms with Gasteiger partial charge in [-0.1, -0.05) is 12.1 Å². The number of nitro groups is 1. The van der Waals surface area contributed by atoms with Crippen LogP contribution in [0.5, 0.6) is 0 Å². The molecule has 0 aliphatic heterocycles. The molecule has 0 amide bonds. The molecule has 1 aromatic rings. The molecule has 3 nitrogen and oxygen atoms in total. The lowest BCUT2D eigenvalue weighted by Gasteiger charge is -2.11. The third-order valence-electron chi connectivity index (χ3n) is 1.79. The van der Waals surface area contributed by atoms with Gasteiger partial charge in [0.05, 0.1) is 4.92 Å². The summed E-state index contributed by atoms with van der Waals surface area (Å²) in [5, 5.41) is 10.3. The van der Waals surface area contributed by atoms with Crippen LogP contribution in [-0.2, 0) is 6.18 Å². The Balaban J connectivity index is 3.54. The first-order valence-corrected chi connectivity index (χ1v) is 3.87. The van der Waals surface area contributed by atoms with Crippen LogP contribution in [0.25, 0.3) is 0 Å². The normalized spacial score (nSPS) is 11.9. The molecule has 8 heteroatoms. The predicted molar refractivity (Wildman–Crippen MR) is 43.1 cm³/mol. The zero-order chi connectivity index (χ0) is 12.5. The molecular formula is C8H4F5NO2. The van der Waals surface area contributed by atoms with E-state index in [4.69, 9.17) is 0 Å². The van der Waals surface area contributed by atoms with Gasteiger partial charge in [-0.3, -0.25) is 10.1 Å². The SMILES string of the molecule is O=[N+]([O-])c1cccc(C(F)F)c1C(F)(F)F. The first-order valence-electron chi connectivity index (χ1n) is 3.87. The number of nitro benzene ring substituents is 1. The number of nitrogens with zero attached hydrogens (tertiary/aromatic N) is 1. The molecule has 0 saturated heterocycles. The highest BCUT2D eigenvalue weighted by atomic mass is 19.4. The first kappa shape index (κ1) is 12.3. The topological polar surface area (TPSA) is 43.1 Å². The van der Waals surface area contributed by atoms with Crippen LogP contribution < -0.4 is 0 Å². The maximum atomic E-state index is 12.4. The molecule has 0 aliphatic rings. The highest BCUT2D eigenvalue weighted by molar-refractivity contribution is 5.48. The summed E-state index contributed by atoms with van der Waals surface area (Å²) < 4.78 is 61.7. The number of benzene rings is 1. The molecule has 0 N–H and O–H groups in total. The van der Waals surface area contributed by atoms with Gasteiger partial charge in [-0.15, -0.1) is 0 Å². The second-order valence-electron chi connectivity index (χ2n) is 2.80. The second-order valence-corrected chi connectivity index (χ2v) is 2.80. The van der Waals surface area contributed by atoms with Crippen LogP contribution >= 0.6 is 0 Å². The third-order valence-corrected chi connectivity index (χ3v) is 1.79. The molecule has 0 saturated carbocycles. The zero-order valence-corrected chi connectivity index (χ0v) is 7.46. The van der Waals surface area contributed by atoms with E-state index in [0.29, 0.717) is 12.1 Å². The number of rotatable bonds is 2. The van der Waals surface area contributed by atoms with Gasteiger partial charge in [0.15, 0.2) is 0 Å². The summed E-state index contributed by atoms with van der Waals surface area (Å²) in [6, 6.07) is 1.84. The zero-order valence-electron chi connectivity index (χ0n) is 7.46. The van der Waals surface area contributed by atoms with Crippen LogP contribution in [0.4, 0.5) is 27.6 Å². The minimum Gasteiger partial charge on any atom is -0.258 e. The van der Waals surface area contributed by atoms with Gasteiger partial charge in [0.25, 0.3) is 12.1 Å². The van der Waals surface area contributed by atoms with Crippen molar-refractivity contribution < 1.29 is 26.9 Å². The summed E-state index contributed by atoms with van der Waals surface area (Å²) in [6.07, 6.45) is -8.60. The highest BCUT2D eigenvalue weighted by Gasteiger charge is 2.42. The average Bonchev–Trinajstić information content (AvgIpc) is 2.15. The summed E-state index contributed by atoms with van der Waals surface area (Å²) in [5.41, 5.74) is -4.65. The summed E-state index contributed by atoms with van der Waals surface area (Å²) >= 11 is 0. The van der Waals surface area contributed by atoms with E-state index in [1.165, 1.54) is 0 Å². The maximum Gasteiger partial charge on any atom is 0.423 e. The monoisotopic (exact) mass is 241 g/mol. The molecule has 0 aromatic heterocycles. The van der Waals surface area contributed by atoms with Crippen molar-refractivity contribution in [2.24, 2.45) is 0 Å². The smallest absolute Gasteiger partial charge is 0.258 e. The Morgan fingerprint density at radius 2 is 1.81 bits per heavy atom. The first-order chi connectivity index (χ1) is 7.25. The minimum atomic E-state index is -5.19. The molecule has 16 heavy (non-hydrogen) atoms. The standard InChI is InChI=1S/C8H4F5NO2/c9-7(10)4-2-1-3-5(14(15)16)6(4)8(11,12)13/h1-3,7H. The van der Waals surface area contributed by atoms with Gasteiger partial charge in [-0.2, -0.15) is 13.2 Å². The highest BCUT2D eigenvalue weighted by Crippen LogP contribution is 2.41. The quantitative estimate of drug-likeness (QED) is 0.451. The van der Waals surface area contributed by atoms with Gasteiger partial charge in [-0.25, -0.2) is 8.78 Å². The van der Waals surface area contributed by atoms with E-state index in [2.05, 4.69) is 0 Å².